The predicted octanol–water partition coefficient (Wildman–Crippen LogP) is 4.42. The van der Waals surface area contributed by atoms with Crippen molar-refractivity contribution in [1.29, 1.82) is 5.41 Å². The summed E-state index contributed by atoms with van der Waals surface area (Å²) in [5.41, 5.74) is 4.32. The van der Waals surface area contributed by atoms with Crippen LogP contribution in [0.1, 0.15) is 17.0 Å². The van der Waals surface area contributed by atoms with Crippen LogP contribution in [0.5, 0.6) is 0 Å². The van der Waals surface area contributed by atoms with Crippen LogP contribution in [0, 0.1) is 25.1 Å². The third-order valence-corrected chi connectivity index (χ3v) is 4.11. The monoisotopic (exact) mass is 382 g/mol. The smallest absolute Gasteiger partial charge is 0.151 e. The first-order valence-electron chi connectivity index (χ1n) is 8.70. The largest absolute Gasteiger partial charge is 0.379 e. The van der Waals surface area contributed by atoms with E-state index in [2.05, 4.69) is 25.6 Å². The van der Waals surface area contributed by atoms with Gasteiger partial charge in [-0.3, -0.25) is 9.97 Å². The summed E-state index contributed by atoms with van der Waals surface area (Å²) in [6.07, 6.45) is 4.29. The third kappa shape index (κ3) is 4.11. The van der Waals surface area contributed by atoms with Crippen LogP contribution in [-0.4, -0.2) is 34.4 Å². The van der Waals surface area contributed by atoms with Crippen molar-refractivity contribution in [3.05, 3.63) is 59.4 Å². The molecule has 0 aliphatic carbocycles. The van der Waals surface area contributed by atoms with E-state index in [4.69, 9.17) is 5.41 Å². The molecule has 0 saturated carbocycles. The molecule has 3 aromatic heterocycles. The molecular formula is C20H20F2N6. The van der Waals surface area contributed by atoms with Gasteiger partial charge in [0.15, 0.2) is 5.82 Å². The van der Waals surface area contributed by atoms with Crippen LogP contribution in [0.4, 0.5) is 25.8 Å². The van der Waals surface area contributed by atoms with Gasteiger partial charge in [-0.2, -0.15) is 0 Å². The molecule has 3 heterocycles. The van der Waals surface area contributed by atoms with E-state index in [1.165, 1.54) is 6.07 Å². The fourth-order valence-electron chi connectivity index (χ4n) is 2.70. The zero-order chi connectivity index (χ0) is 20.1. The summed E-state index contributed by atoms with van der Waals surface area (Å²) < 4.78 is 26.9. The van der Waals surface area contributed by atoms with Crippen LogP contribution in [0.3, 0.4) is 0 Å². The summed E-state index contributed by atoms with van der Waals surface area (Å²) in [5, 5.41) is 13.7. The van der Waals surface area contributed by atoms with Gasteiger partial charge in [-0.05, 0) is 43.7 Å². The van der Waals surface area contributed by atoms with Gasteiger partial charge in [-0.15, -0.1) is 0 Å². The lowest BCUT2D eigenvalue weighted by atomic mass is 10.1. The first-order valence-corrected chi connectivity index (χ1v) is 8.70. The number of nitrogens with one attached hydrogen (secondary N) is 3. The molecule has 0 spiro atoms. The van der Waals surface area contributed by atoms with Crippen LogP contribution in [-0.2, 0) is 0 Å². The zero-order valence-electron chi connectivity index (χ0n) is 15.6. The summed E-state index contributed by atoms with van der Waals surface area (Å²) in [7, 11) is 0. The summed E-state index contributed by atoms with van der Waals surface area (Å²) in [4.78, 5) is 12.7. The summed E-state index contributed by atoms with van der Waals surface area (Å²) >= 11 is 0. The van der Waals surface area contributed by atoms with Gasteiger partial charge in [-0.1, -0.05) is 0 Å². The zero-order valence-corrected chi connectivity index (χ0v) is 15.6. The molecule has 0 amide bonds. The molecule has 0 aromatic carbocycles. The van der Waals surface area contributed by atoms with Gasteiger partial charge >= 0.3 is 0 Å². The highest BCUT2D eigenvalue weighted by Gasteiger charge is 2.13. The van der Waals surface area contributed by atoms with Crippen molar-refractivity contribution in [1.82, 2.24) is 15.0 Å². The number of rotatable bonds is 7. The van der Waals surface area contributed by atoms with Crippen LogP contribution in [0.25, 0.3) is 11.4 Å². The SMILES string of the molecule is Cc1ccc(F)c(-c2cc(Nc3ccnc(C=N)c3NCCF)c(C)cn2)n1. The molecule has 0 bridgehead atoms. The first kappa shape index (κ1) is 19.3. The maximum absolute atomic E-state index is 14.2. The Morgan fingerprint density at radius 1 is 1.14 bits per heavy atom. The highest BCUT2D eigenvalue weighted by molar-refractivity contribution is 5.90. The Labute approximate surface area is 161 Å². The molecule has 8 heteroatoms. The Morgan fingerprint density at radius 3 is 2.71 bits per heavy atom. The lowest BCUT2D eigenvalue weighted by Crippen LogP contribution is -2.09. The number of hydrogen-bond acceptors (Lipinski definition) is 6. The van der Waals surface area contributed by atoms with Crippen molar-refractivity contribution in [2.45, 2.75) is 13.8 Å². The van der Waals surface area contributed by atoms with Crippen molar-refractivity contribution in [2.24, 2.45) is 0 Å². The number of hydrogen-bond donors (Lipinski definition) is 3. The van der Waals surface area contributed by atoms with Crippen LogP contribution in [0.15, 0.2) is 36.7 Å². The Morgan fingerprint density at radius 2 is 1.96 bits per heavy atom. The van der Waals surface area contributed by atoms with Crippen LogP contribution >= 0.6 is 0 Å². The van der Waals surface area contributed by atoms with E-state index < -0.39 is 12.5 Å². The number of aryl methyl sites for hydroxylation is 2. The second kappa shape index (κ2) is 8.51. The van der Waals surface area contributed by atoms with Crippen molar-refractivity contribution in [3.63, 3.8) is 0 Å². The Kier molecular flexibility index (Phi) is 5.88. The third-order valence-electron chi connectivity index (χ3n) is 4.11. The molecule has 0 aliphatic rings. The van der Waals surface area contributed by atoms with Crippen LogP contribution in [0.2, 0.25) is 0 Å². The minimum absolute atomic E-state index is 0.0974. The van der Waals surface area contributed by atoms with Crippen molar-refractivity contribution >= 4 is 23.3 Å². The Balaban J connectivity index is 2.02. The number of pyridine rings is 3. The lowest BCUT2D eigenvalue weighted by molar-refractivity contribution is 0.513. The van der Waals surface area contributed by atoms with Gasteiger partial charge in [0.1, 0.15) is 18.1 Å². The summed E-state index contributed by atoms with van der Waals surface area (Å²) in [5.74, 6) is -0.451. The van der Waals surface area contributed by atoms with Gasteiger partial charge in [0, 0.05) is 36.5 Å². The molecule has 3 N–H and O–H groups in total. The molecule has 0 atom stereocenters. The minimum atomic E-state index is -0.553. The van der Waals surface area contributed by atoms with E-state index in [1.54, 1.807) is 37.5 Å². The molecule has 0 radical (unpaired) electrons. The molecule has 0 unspecified atom stereocenters. The van der Waals surface area contributed by atoms with Gasteiger partial charge in [-0.25, -0.2) is 13.8 Å². The normalized spacial score (nSPS) is 10.6. The molecule has 3 aromatic rings. The van der Waals surface area contributed by atoms with E-state index in [-0.39, 0.29) is 12.2 Å². The average molecular weight is 382 g/mol. The number of halogens is 2. The van der Waals surface area contributed by atoms with Gasteiger partial charge in [0.05, 0.1) is 17.1 Å². The number of alkyl halides is 1. The molecule has 0 aliphatic heterocycles. The van der Waals surface area contributed by atoms with Crippen molar-refractivity contribution in [3.8, 4) is 11.4 Å². The maximum atomic E-state index is 14.2. The summed E-state index contributed by atoms with van der Waals surface area (Å²) in [6, 6.07) is 6.40. The molecule has 144 valence electrons. The Hall–Kier alpha value is -3.42. The van der Waals surface area contributed by atoms with Crippen molar-refractivity contribution < 1.29 is 8.78 Å². The molecule has 28 heavy (non-hydrogen) atoms. The highest BCUT2D eigenvalue weighted by atomic mass is 19.1. The van der Waals surface area contributed by atoms with E-state index in [9.17, 15) is 8.78 Å². The van der Waals surface area contributed by atoms with E-state index >= 15 is 0 Å². The number of nitrogens with zero attached hydrogens (tertiary/aromatic N) is 3. The number of aromatic nitrogens is 3. The fraction of sp³-hybridized carbons (Fsp3) is 0.200. The summed E-state index contributed by atoms with van der Waals surface area (Å²) in [6.45, 7) is 3.20. The Bertz CT molecular complexity index is 1010. The second-order valence-electron chi connectivity index (χ2n) is 6.17. The standard InChI is InChI=1S/C20H20F2N6/c1-12-11-26-17(19-14(22)4-3-13(2)27-19)9-16(12)28-15-5-7-24-18(10-23)20(15)25-8-6-21/h3-5,7,9-11,23,25H,6,8H2,1-2H3,(H,24,26,28). The number of anilines is 3. The highest BCUT2D eigenvalue weighted by Crippen LogP contribution is 2.30. The predicted molar refractivity (Wildman–Crippen MR) is 107 cm³/mol. The lowest BCUT2D eigenvalue weighted by Gasteiger charge is -2.16. The van der Waals surface area contributed by atoms with Crippen molar-refractivity contribution in [2.75, 3.05) is 23.9 Å². The quantitative estimate of drug-likeness (QED) is 0.527. The van der Waals surface area contributed by atoms with E-state index in [1.807, 2.05) is 6.92 Å². The maximum Gasteiger partial charge on any atom is 0.151 e. The van der Waals surface area contributed by atoms with Gasteiger partial charge in [0.25, 0.3) is 0 Å². The second-order valence-corrected chi connectivity index (χ2v) is 6.17. The van der Waals surface area contributed by atoms with Gasteiger partial charge in [0.2, 0.25) is 0 Å². The molecule has 6 nitrogen and oxygen atoms in total. The first-order chi connectivity index (χ1) is 13.5. The molecule has 0 fully saturated rings. The van der Waals surface area contributed by atoms with Crippen LogP contribution < -0.4 is 10.6 Å². The van der Waals surface area contributed by atoms with E-state index in [0.717, 1.165) is 11.8 Å². The average Bonchev–Trinajstić information content (AvgIpc) is 2.70. The molecular weight excluding hydrogens is 362 g/mol. The fourth-order valence-corrected chi connectivity index (χ4v) is 2.70. The molecule has 0 saturated heterocycles. The van der Waals surface area contributed by atoms with Gasteiger partial charge < -0.3 is 16.0 Å². The molecule has 3 rings (SSSR count). The topological polar surface area (TPSA) is 86.6 Å². The minimum Gasteiger partial charge on any atom is -0.379 e. The van der Waals surface area contributed by atoms with E-state index in [0.29, 0.717) is 34.1 Å².